The van der Waals surface area contributed by atoms with Gasteiger partial charge in [0.05, 0.1) is 12.8 Å². The second-order valence-electron chi connectivity index (χ2n) is 3.54. The van der Waals surface area contributed by atoms with Crippen molar-refractivity contribution >= 4 is 23.1 Å². The molecular weight excluding hydrogens is 403 g/mol. The van der Waals surface area contributed by atoms with Gasteiger partial charge in [-0.15, -0.1) is 0 Å². The van der Waals surface area contributed by atoms with Crippen LogP contribution in [0.4, 0.5) is 0 Å². The molecule has 0 saturated heterocycles. The van der Waals surface area contributed by atoms with Crippen LogP contribution in [0.25, 0.3) is 0 Å². The molecule has 0 aromatic rings. The van der Waals surface area contributed by atoms with Crippen LogP contribution in [-0.4, -0.2) is 23.1 Å². The molecule has 0 atom stereocenters. The Morgan fingerprint density at radius 1 is 0.706 bits per heavy atom. The predicted octanol–water partition coefficient (Wildman–Crippen LogP) is 1.89. The molecule has 102 valence electrons. The Hall–Kier alpha value is -0.632. The molecule has 0 amide bonds. The van der Waals surface area contributed by atoms with Crippen LogP contribution in [0.2, 0.25) is 0 Å². The van der Waals surface area contributed by atoms with E-state index in [-0.39, 0.29) is 57.0 Å². The summed E-state index contributed by atoms with van der Waals surface area (Å²) in [6.45, 7) is 6.36. The van der Waals surface area contributed by atoms with Crippen molar-refractivity contribution in [2.75, 3.05) is 0 Å². The summed E-state index contributed by atoms with van der Waals surface area (Å²) in [6.07, 6.45) is 1.16. The van der Waals surface area contributed by atoms with Gasteiger partial charge in [-0.05, 0) is 13.8 Å². The first kappa shape index (κ1) is 21.6. The zero-order valence-corrected chi connectivity index (χ0v) is 13.0. The van der Waals surface area contributed by atoms with Gasteiger partial charge in [0.2, 0.25) is 0 Å². The molecule has 0 aromatic carbocycles. The summed E-state index contributed by atoms with van der Waals surface area (Å²) in [6, 6.07) is 0. The van der Waals surface area contributed by atoms with Crippen molar-refractivity contribution in [2.24, 2.45) is 0 Å². The molecule has 0 aliphatic heterocycles. The maximum Gasteiger partial charge on any atom is 0.139 e. The average molecular weight is 423 g/mol. The molecule has 0 N–H and O–H groups in total. The Labute approximate surface area is 117 Å². The van der Waals surface area contributed by atoms with Gasteiger partial charge in [-0.25, -0.2) is 0 Å². The fourth-order valence-electron chi connectivity index (χ4n) is 0.805. The Balaban J connectivity index is -0.000000218. The molecule has 0 spiro atoms. The van der Waals surface area contributed by atoms with Crippen molar-refractivity contribution in [1.29, 1.82) is 0 Å². The molecule has 0 aromatic heterocycles. The summed E-state index contributed by atoms with van der Waals surface area (Å²) >= 11 is 0. The zero-order chi connectivity index (χ0) is 13.1. The number of rotatable bonds is 6. The molecule has 0 aliphatic rings. The molecule has 0 aliphatic carbocycles. The smallest absolute Gasteiger partial charge is 0.139 e. The third-order valence-corrected chi connectivity index (χ3v) is 1.68. The Morgan fingerprint density at radius 2 is 0.941 bits per heavy atom. The molecule has 0 radical (unpaired) electrons. The number of hydrogen-bond donors (Lipinski definition) is 0. The normalized spacial score (nSPS) is 8.24. The van der Waals surface area contributed by atoms with Crippen LogP contribution < -0.4 is 0 Å². The van der Waals surface area contributed by atoms with E-state index in [9.17, 15) is 19.2 Å². The standard InChI is InChI=1S/2C6H10O2.Pt/c2*1-3-6(8)4-5(2)7;/h2*3-4H2,1-2H3;. The molecule has 5 heteroatoms. The van der Waals surface area contributed by atoms with Gasteiger partial charge in [-0.2, -0.15) is 0 Å². The van der Waals surface area contributed by atoms with Gasteiger partial charge in [-0.1, -0.05) is 13.8 Å². The molecule has 0 fully saturated rings. The molecule has 17 heavy (non-hydrogen) atoms. The van der Waals surface area contributed by atoms with E-state index in [1.54, 1.807) is 13.8 Å². The first-order chi connectivity index (χ1) is 7.33. The summed E-state index contributed by atoms with van der Waals surface area (Å²) in [4.78, 5) is 41.2. The van der Waals surface area contributed by atoms with Crippen LogP contribution in [0.5, 0.6) is 0 Å². The maximum atomic E-state index is 10.4. The summed E-state index contributed by atoms with van der Waals surface area (Å²) in [5, 5.41) is 0. The minimum atomic E-state index is -0.0446. The number of hydrogen-bond acceptors (Lipinski definition) is 4. The van der Waals surface area contributed by atoms with Gasteiger partial charge in [0, 0.05) is 33.9 Å². The van der Waals surface area contributed by atoms with Crippen molar-refractivity contribution in [3.05, 3.63) is 0 Å². The van der Waals surface area contributed by atoms with E-state index in [0.717, 1.165) is 0 Å². The topological polar surface area (TPSA) is 68.3 Å². The molecule has 0 heterocycles. The minimum absolute atomic E-state index is 0. The Bertz CT molecular complexity index is 244. The fraction of sp³-hybridized carbons (Fsp3) is 0.667. The zero-order valence-electron chi connectivity index (χ0n) is 10.8. The molecule has 0 saturated carbocycles. The van der Waals surface area contributed by atoms with E-state index in [1.165, 1.54) is 13.8 Å². The third-order valence-electron chi connectivity index (χ3n) is 1.68. The van der Waals surface area contributed by atoms with E-state index in [0.29, 0.717) is 12.8 Å². The molecule has 0 unspecified atom stereocenters. The fourth-order valence-corrected chi connectivity index (χ4v) is 0.805. The van der Waals surface area contributed by atoms with E-state index in [2.05, 4.69) is 0 Å². The third kappa shape index (κ3) is 21.3. The molecule has 0 bridgehead atoms. The quantitative estimate of drug-likeness (QED) is 0.612. The second kappa shape index (κ2) is 13.4. The van der Waals surface area contributed by atoms with Crippen LogP contribution in [-0.2, 0) is 40.2 Å². The van der Waals surface area contributed by atoms with Crippen molar-refractivity contribution in [1.82, 2.24) is 0 Å². The SMILES string of the molecule is CCC(=O)CC(C)=O.CCC(=O)CC(C)=O.[Pt]. The van der Waals surface area contributed by atoms with Gasteiger partial charge in [0.1, 0.15) is 23.1 Å². The van der Waals surface area contributed by atoms with Gasteiger partial charge in [0.15, 0.2) is 0 Å². The first-order valence-electron chi connectivity index (χ1n) is 5.35. The van der Waals surface area contributed by atoms with Crippen molar-refractivity contribution in [3.8, 4) is 0 Å². The summed E-state index contributed by atoms with van der Waals surface area (Å²) in [7, 11) is 0. The summed E-state index contributed by atoms with van der Waals surface area (Å²) in [5.41, 5.74) is 0. The first-order valence-corrected chi connectivity index (χ1v) is 5.35. The molecule has 0 rings (SSSR count). The number of carbonyl (C=O) groups excluding carboxylic acids is 4. The van der Waals surface area contributed by atoms with Crippen molar-refractivity contribution < 1.29 is 40.2 Å². The molecule has 4 nitrogen and oxygen atoms in total. The van der Waals surface area contributed by atoms with Gasteiger partial charge in [0.25, 0.3) is 0 Å². The average Bonchev–Trinajstić information content (AvgIpc) is 2.16. The van der Waals surface area contributed by atoms with Crippen LogP contribution >= 0.6 is 0 Å². The largest absolute Gasteiger partial charge is 0.300 e. The van der Waals surface area contributed by atoms with E-state index in [1.807, 2.05) is 0 Å². The van der Waals surface area contributed by atoms with Gasteiger partial charge >= 0.3 is 0 Å². The predicted molar refractivity (Wildman–Crippen MR) is 61.2 cm³/mol. The van der Waals surface area contributed by atoms with E-state index >= 15 is 0 Å². The van der Waals surface area contributed by atoms with Crippen molar-refractivity contribution in [3.63, 3.8) is 0 Å². The summed E-state index contributed by atoms with van der Waals surface area (Å²) < 4.78 is 0. The number of carbonyl (C=O) groups is 4. The van der Waals surface area contributed by atoms with Crippen LogP contribution in [0.1, 0.15) is 53.4 Å². The Morgan fingerprint density at radius 3 is 1.00 bits per heavy atom. The molecular formula is C12H20O4Pt. The van der Waals surface area contributed by atoms with Crippen LogP contribution in [0.15, 0.2) is 0 Å². The van der Waals surface area contributed by atoms with E-state index < -0.39 is 0 Å². The van der Waals surface area contributed by atoms with Crippen LogP contribution in [0.3, 0.4) is 0 Å². The van der Waals surface area contributed by atoms with Crippen molar-refractivity contribution in [2.45, 2.75) is 53.4 Å². The second-order valence-corrected chi connectivity index (χ2v) is 3.54. The Kier molecular flexibility index (Phi) is 17.1. The van der Waals surface area contributed by atoms with Gasteiger partial charge < -0.3 is 0 Å². The number of Topliss-reactive ketones (excluding diaryl/α,β-unsaturated/α-hetero) is 4. The van der Waals surface area contributed by atoms with E-state index in [4.69, 9.17) is 0 Å². The monoisotopic (exact) mass is 423 g/mol. The number of ketones is 4. The maximum absolute atomic E-state index is 10.4. The van der Waals surface area contributed by atoms with Gasteiger partial charge in [-0.3, -0.25) is 19.2 Å². The summed E-state index contributed by atoms with van der Waals surface area (Å²) in [5.74, 6) is -0.0382. The van der Waals surface area contributed by atoms with Crippen LogP contribution in [0, 0.1) is 0 Å². The minimum Gasteiger partial charge on any atom is -0.300 e.